The van der Waals surface area contributed by atoms with Crippen molar-refractivity contribution in [1.29, 1.82) is 0 Å². The fourth-order valence-electron chi connectivity index (χ4n) is 5.24. The minimum Gasteiger partial charge on any atom is -0.484 e. The summed E-state index contributed by atoms with van der Waals surface area (Å²) >= 11 is 2.17. The highest BCUT2D eigenvalue weighted by Gasteiger charge is 2.56. The molecule has 13 heteroatoms. The fourth-order valence-corrected chi connectivity index (χ4v) is 7.76. The molecule has 3 heterocycles. The fraction of sp³-hybridized carbons (Fsp3) is 0.194. The first-order valence-corrected chi connectivity index (χ1v) is 15.3. The van der Waals surface area contributed by atoms with E-state index in [1.807, 2.05) is 0 Å². The maximum absolute atomic E-state index is 13.9. The largest absolute Gasteiger partial charge is 0.484 e. The van der Waals surface area contributed by atoms with Crippen molar-refractivity contribution in [3.63, 3.8) is 0 Å². The highest BCUT2D eigenvalue weighted by atomic mass is 32.2. The zero-order valence-corrected chi connectivity index (χ0v) is 24.7. The van der Waals surface area contributed by atoms with Gasteiger partial charge < -0.3 is 19.8 Å². The van der Waals surface area contributed by atoms with E-state index < -0.39 is 46.6 Å². The number of rotatable bonds is 8. The molecule has 4 aromatic rings. The monoisotopic (exact) mass is 633 g/mol. The summed E-state index contributed by atoms with van der Waals surface area (Å²) in [5, 5.41) is 2.39. The zero-order valence-electron chi connectivity index (χ0n) is 23.1. The second-order valence-corrected chi connectivity index (χ2v) is 12.1. The number of thiazole rings is 1. The summed E-state index contributed by atoms with van der Waals surface area (Å²) in [6, 6.07) is 18.2. The molecule has 10 nitrogen and oxygen atoms in total. The van der Waals surface area contributed by atoms with Crippen LogP contribution in [0.2, 0.25) is 0 Å². The van der Waals surface area contributed by atoms with Gasteiger partial charge in [-0.1, -0.05) is 35.2 Å². The number of fused-ring (bicyclic) bond motifs is 2. The van der Waals surface area contributed by atoms with E-state index in [2.05, 4.69) is 10.3 Å². The molecular weight excluding hydrogens is 609 g/mol. The average Bonchev–Trinajstić information content (AvgIpc) is 3.51. The third kappa shape index (κ3) is 5.63. The first kappa shape index (κ1) is 29.3. The van der Waals surface area contributed by atoms with Gasteiger partial charge in [0.15, 0.2) is 6.61 Å². The van der Waals surface area contributed by atoms with Crippen LogP contribution in [0.3, 0.4) is 0 Å². The summed E-state index contributed by atoms with van der Waals surface area (Å²) < 4.78 is 23.7. The van der Waals surface area contributed by atoms with E-state index in [9.17, 15) is 28.4 Å². The molecule has 3 unspecified atom stereocenters. The van der Waals surface area contributed by atoms with Crippen LogP contribution in [0.5, 0.6) is 5.75 Å². The number of hydrogen-bond donors (Lipinski definition) is 2. The number of thioether (sulfide) groups is 1. The lowest BCUT2D eigenvalue weighted by atomic mass is 9.83. The molecule has 1 aromatic heterocycles. The van der Waals surface area contributed by atoms with Crippen LogP contribution in [-0.4, -0.2) is 47.1 Å². The molecule has 2 aliphatic rings. The summed E-state index contributed by atoms with van der Waals surface area (Å²) in [5.74, 6) is -3.15. The smallest absolute Gasteiger partial charge is 0.338 e. The number of carbonyl (C=O) groups excluding carboxylic acids is 4. The van der Waals surface area contributed by atoms with Gasteiger partial charge in [-0.3, -0.25) is 19.2 Å². The number of nitrogens with zero attached hydrogens (tertiary/aromatic N) is 1. The number of benzene rings is 3. The van der Waals surface area contributed by atoms with Gasteiger partial charge in [-0.05, 0) is 73.2 Å². The Morgan fingerprint density at radius 3 is 2.34 bits per heavy atom. The lowest BCUT2D eigenvalue weighted by Gasteiger charge is -2.29. The van der Waals surface area contributed by atoms with Crippen LogP contribution < -0.4 is 19.8 Å². The summed E-state index contributed by atoms with van der Waals surface area (Å²) in [5.41, 5.74) is 1.76. The standard InChI is InChI=1S/C31H24FN3O7S2/c1-2-41-30(39)17-3-11-20(12-4-17)35-28(37)24-23(25-27(34-31(40)44-25)43-26(24)29(35)38)16-5-13-21(14-6-16)42-15-22(36)33-19-9-7-18(32)8-10-19/h3-14,23-24,26H,2,15H2,1H3,(H,33,36)(H,34,40). The summed E-state index contributed by atoms with van der Waals surface area (Å²) in [4.78, 5) is 68.6. The number of aromatic nitrogens is 1. The quantitative estimate of drug-likeness (QED) is 0.213. The van der Waals surface area contributed by atoms with Crippen molar-refractivity contribution in [1.82, 2.24) is 4.98 Å². The normalized spacial score (nSPS) is 18.9. The van der Waals surface area contributed by atoms with Crippen LogP contribution in [-0.2, 0) is 19.1 Å². The maximum Gasteiger partial charge on any atom is 0.338 e. The summed E-state index contributed by atoms with van der Waals surface area (Å²) in [7, 11) is 0. The number of imide groups is 1. The van der Waals surface area contributed by atoms with E-state index >= 15 is 0 Å². The van der Waals surface area contributed by atoms with Crippen molar-refractivity contribution < 1.29 is 33.0 Å². The number of nitrogens with one attached hydrogen (secondary N) is 2. The first-order valence-electron chi connectivity index (χ1n) is 13.6. The Bertz CT molecular complexity index is 1800. The molecule has 0 spiro atoms. The number of carbonyl (C=O) groups is 4. The number of H-pyrrole nitrogens is 1. The van der Waals surface area contributed by atoms with Gasteiger partial charge in [-0.2, -0.15) is 0 Å². The highest BCUT2D eigenvalue weighted by molar-refractivity contribution is 8.00. The van der Waals surface area contributed by atoms with Crippen LogP contribution in [0.25, 0.3) is 0 Å². The van der Waals surface area contributed by atoms with Crippen molar-refractivity contribution in [2.45, 2.75) is 23.1 Å². The number of esters is 1. The Balaban J connectivity index is 1.22. The number of amides is 3. The SMILES string of the molecule is CCOC(=O)c1ccc(N2C(=O)C3Sc4[nH]c(=O)sc4C(c4ccc(OCC(=O)Nc5ccc(F)cc5)cc4)C3C2=O)cc1. The van der Waals surface area contributed by atoms with E-state index in [0.717, 1.165) is 16.2 Å². The Morgan fingerprint density at radius 1 is 0.955 bits per heavy atom. The second-order valence-electron chi connectivity index (χ2n) is 9.94. The molecule has 6 rings (SSSR count). The number of halogens is 1. The second kappa shape index (κ2) is 12.1. The highest BCUT2D eigenvalue weighted by Crippen LogP contribution is 2.53. The van der Waals surface area contributed by atoms with Crippen LogP contribution >= 0.6 is 23.1 Å². The van der Waals surface area contributed by atoms with Crippen molar-refractivity contribution in [2.24, 2.45) is 5.92 Å². The van der Waals surface area contributed by atoms with Gasteiger partial charge in [0.2, 0.25) is 11.8 Å². The lowest BCUT2D eigenvalue weighted by Crippen LogP contribution is -2.32. The molecule has 0 saturated carbocycles. The van der Waals surface area contributed by atoms with Crippen molar-refractivity contribution in [3.05, 3.63) is 104 Å². The Kier molecular flexibility index (Phi) is 8.06. The third-order valence-corrected chi connectivity index (χ3v) is 9.60. The van der Waals surface area contributed by atoms with Crippen molar-refractivity contribution >= 4 is 58.2 Å². The van der Waals surface area contributed by atoms with Gasteiger partial charge in [-0.25, -0.2) is 14.1 Å². The molecular formula is C31H24FN3O7S2. The molecule has 1 saturated heterocycles. The number of aromatic amines is 1. The Hall–Kier alpha value is -4.75. The van der Waals surface area contributed by atoms with Crippen molar-refractivity contribution in [2.75, 3.05) is 23.4 Å². The van der Waals surface area contributed by atoms with Crippen LogP contribution in [0.4, 0.5) is 15.8 Å². The van der Waals surface area contributed by atoms with Crippen molar-refractivity contribution in [3.8, 4) is 5.75 Å². The Morgan fingerprint density at radius 2 is 1.66 bits per heavy atom. The topological polar surface area (TPSA) is 135 Å². The Labute approximate surface area is 258 Å². The summed E-state index contributed by atoms with van der Waals surface area (Å²) in [6.07, 6.45) is 0. The number of anilines is 2. The van der Waals surface area contributed by atoms with Crippen LogP contribution in [0.15, 0.2) is 82.6 Å². The molecule has 0 aliphatic carbocycles. The minimum absolute atomic E-state index is 0.220. The number of hydrogen-bond acceptors (Lipinski definition) is 9. The van der Waals surface area contributed by atoms with Crippen LogP contribution in [0.1, 0.15) is 33.6 Å². The van der Waals surface area contributed by atoms with Gasteiger partial charge in [0, 0.05) is 16.5 Å². The maximum atomic E-state index is 13.9. The zero-order chi connectivity index (χ0) is 31.0. The van der Waals surface area contributed by atoms with Gasteiger partial charge in [-0.15, -0.1) is 0 Å². The molecule has 0 radical (unpaired) electrons. The number of ether oxygens (including phenoxy) is 2. The molecule has 3 amide bonds. The third-order valence-electron chi connectivity index (χ3n) is 7.20. The van der Waals surface area contributed by atoms with Gasteiger partial charge >= 0.3 is 10.8 Å². The molecule has 44 heavy (non-hydrogen) atoms. The van der Waals surface area contributed by atoms with E-state index in [-0.39, 0.29) is 18.1 Å². The van der Waals surface area contributed by atoms with Crippen LogP contribution in [0, 0.1) is 11.7 Å². The predicted octanol–water partition coefficient (Wildman–Crippen LogP) is 4.57. The van der Waals surface area contributed by atoms with Gasteiger partial charge in [0.25, 0.3) is 5.91 Å². The lowest BCUT2D eigenvalue weighted by molar-refractivity contribution is -0.122. The molecule has 2 aliphatic heterocycles. The molecule has 1 fully saturated rings. The first-order chi connectivity index (χ1) is 21.2. The predicted molar refractivity (Wildman–Crippen MR) is 162 cm³/mol. The molecule has 0 bridgehead atoms. The molecule has 3 aromatic carbocycles. The molecule has 3 atom stereocenters. The molecule has 2 N–H and O–H groups in total. The minimum atomic E-state index is -0.788. The van der Waals surface area contributed by atoms with E-state index in [0.29, 0.717) is 38.2 Å². The van der Waals surface area contributed by atoms with E-state index in [1.165, 1.54) is 60.3 Å². The average molecular weight is 634 g/mol. The van der Waals surface area contributed by atoms with E-state index in [1.54, 1.807) is 31.2 Å². The summed E-state index contributed by atoms with van der Waals surface area (Å²) in [6.45, 7) is 1.63. The van der Waals surface area contributed by atoms with Gasteiger partial charge in [0.1, 0.15) is 16.8 Å². The van der Waals surface area contributed by atoms with E-state index in [4.69, 9.17) is 9.47 Å². The molecule has 224 valence electrons. The van der Waals surface area contributed by atoms with Gasteiger partial charge in [0.05, 0.1) is 28.8 Å².